The van der Waals surface area contributed by atoms with Crippen LogP contribution in [0.3, 0.4) is 0 Å². The van der Waals surface area contributed by atoms with Crippen molar-refractivity contribution in [2.45, 2.75) is 25.3 Å². The third-order valence-corrected chi connectivity index (χ3v) is 1.96. The summed E-state index contributed by atoms with van der Waals surface area (Å²) in [5.74, 6) is 1.63. The van der Waals surface area contributed by atoms with Crippen LogP contribution in [0.2, 0.25) is 0 Å². The van der Waals surface area contributed by atoms with E-state index in [1.807, 2.05) is 13.8 Å². The van der Waals surface area contributed by atoms with Crippen molar-refractivity contribution in [1.82, 2.24) is 15.2 Å². The summed E-state index contributed by atoms with van der Waals surface area (Å²) in [4.78, 5) is 4.15. The van der Waals surface area contributed by atoms with Crippen molar-refractivity contribution < 1.29 is 4.74 Å². The molecule has 0 aliphatic heterocycles. The molecular weight excluding hydrogens is 178 g/mol. The largest absolute Gasteiger partial charge is 0.371 e. The van der Waals surface area contributed by atoms with E-state index in [0.717, 1.165) is 0 Å². The molecule has 0 bridgehead atoms. The molecule has 0 aliphatic rings. The summed E-state index contributed by atoms with van der Waals surface area (Å²) in [5, 5.41) is 6.71. The molecule has 0 atom stereocenters. The van der Waals surface area contributed by atoms with Gasteiger partial charge in [0.25, 0.3) is 0 Å². The Bertz CT molecular complexity index is 259. The molecule has 0 amide bonds. The van der Waals surface area contributed by atoms with Gasteiger partial charge in [-0.1, -0.05) is 0 Å². The molecule has 1 rings (SSSR count). The number of alkyl halides is 1. The van der Waals surface area contributed by atoms with Gasteiger partial charge in [-0.3, -0.25) is 5.10 Å². The number of rotatable bonds is 3. The quantitative estimate of drug-likeness (QED) is 0.732. The van der Waals surface area contributed by atoms with Gasteiger partial charge in [-0.05, 0) is 13.8 Å². The first kappa shape index (κ1) is 9.48. The van der Waals surface area contributed by atoms with Crippen LogP contribution in [0.1, 0.15) is 25.5 Å². The number of H-pyrrole nitrogens is 1. The van der Waals surface area contributed by atoms with Gasteiger partial charge in [0.1, 0.15) is 11.4 Å². The van der Waals surface area contributed by atoms with Gasteiger partial charge in [-0.15, -0.1) is 11.6 Å². The normalized spacial score (nSPS) is 12.0. The first-order valence-electron chi connectivity index (χ1n) is 3.63. The van der Waals surface area contributed by atoms with Crippen LogP contribution in [-0.4, -0.2) is 22.3 Å². The summed E-state index contributed by atoms with van der Waals surface area (Å²) in [6.07, 6.45) is 0. The summed E-state index contributed by atoms with van der Waals surface area (Å²) in [6.45, 7) is 3.79. The summed E-state index contributed by atoms with van der Waals surface area (Å²) >= 11 is 5.56. The molecule has 0 fully saturated rings. The van der Waals surface area contributed by atoms with Crippen LogP contribution in [-0.2, 0) is 16.2 Å². The van der Waals surface area contributed by atoms with Gasteiger partial charge in [0.15, 0.2) is 5.82 Å². The van der Waals surface area contributed by atoms with E-state index >= 15 is 0 Å². The summed E-state index contributed by atoms with van der Waals surface area (Å²) in [5.41, 5.74) is -0.458. The molecular formula is C7H12ClN3O. The Morgan fingerprint density at radius 1 is 1.58 bits per heavy atom. The van der Waals surface area contributed by atoms with Crippen molar-refractivity contribution in [2.24, 2.45) is 0 Å². The van der Waals surface area contributed by atoms with Crippen LogP contribution < -0.4 is 0 Å². The van der Waals surface area contributed by atoms with Crippen molar-refractivity contribution >= 4 is 11.6 Å². The van der Waals surface area contributed by atoms with Gasteiger partial charge >= 0.3 is 0 Å². The maximum absolute atomic E-state index is 5.56. The third kappa shape index (κ3) is 1.76. The number of hydrogen-bond acceptors (Lipinski definition) is 3. The molecule has 12 heavy (non-hydrogen) atoms. The maximum atomic E-state index is 5.56. The molecule has 68 valence electrons. The van der Waals surface area contributed by atoms with Crippen LogP contribution in [0.4, 0.5) is 0 Å². The van der Waals surface area contributed by atoms with Crippen LogP contribution in [0, 0.1) is 0 Å². The number of aromatic amines is 1. The predicted molar refractivity (Wildman–Crippen MR) is 46.0 cm³/mol. The topological polar surface area (TPSA) is 50.8 Å². The highest BCUT2D eigenvalue weighted by atomic mass is 35.5. The molecule has 0 spiro atoms. The van der Waals surface area contributed by atoms with Crippen molar-refractivity contribution in [3.05, 3.63) is 11.6 Å². The van der Waals surface area contributed by atoms with E-state index in [-0.39, 0.29) is 0 Å². The lowest BCUT2D eigenvalue weighted by molar-refractivity contribution is 0.0117. The highest BCUT2D eigenvalue weighted by molar-refractivity contribution is 6.16. The molecule has 0 unspecified atom stereocenters. The minimum atomic E-state index is -0.458. The molecule has 1 aromatic rings. The highest BCUT2D eigenvalue weighted by Crippen LogP contribution is 2.19. The second kappa shape index (κ2) is 3.41. The van der Waals surface area contributed by atoms with Gasteiger partial charge in [-0.2, -0.15) is 5.10 Å². The lowest BCUT2D eigenvalue weighted by atomic mass is 10.1. The second-order valence-electron chi connectivity index (χ2n) is 2.95. The summed E-state index contributed by atoms with van der Waals surface area (Å²) < 4.78 is 5.19. The first-order valence-corrected chi connectivity index (χ1v) is 4.16. The molecule has 5 heteroatoms. The fourth-order valence-corrected chi connectivity index (χ4v) is 0.835. The number of aromatic nitrogens is 3. The van der Waals surface area contributed by atoms with Gasteiger partial charge < -0.3 is 4.74 Å². The van der Waals surface area contributed by atoms with Crippen molar-refractivity contribution in [3.8, 4) is 0 Å². The Kier molecular flexibility index (Phi) is 2.69. The van der Waals surface area contributed by atoms with Crippen LogP contribution >= 0.6 is 11.6 Å². The average molecular weight is 190 g/mol. The SMILES string of the molecule is COC(C)(C)c1n[nH]c(CCl)n1. The monoisotopic (exact) mass is 189 g/mol. The molecule has 1 N–H and O–H groups in total. The molecule has 0 saturated heterocycles. The van der Waals surface area contributed by atoms with Crippen molar-refractivity contribution in [3.63, 3.8) is 0 Å². The molecule has 0 radical (unpaired) electrons. The van der Waals surface area contributed by atoms with Crippen LogP contribution in [0.5, 0.6) is 0 Å². The Morgan fingerprint density at radius 3 is 2.67 bits per heavy atom. The van der Waals surface area contributed by atoms with E-state index in [0.29, 0.717) is 17.5 Å². The number of ether oxygens (including phenoxy) is 1. The van der Waals surface area contributed by atoms with E-state index in [2.05, 4.69) is 15.2 Å². The lowest BCUT2D eigenvalue weighted by Gasteiger charge is -2.17. The third-order valence-electron chi connectivity index (χ3n) is 1.71. The Labute approximate surface area is 76.3 Å². The minimum absolute atomic E-state index is 0.340. The zero-order valence-corrected chi connectivity index (χ0v) is 8.14. The van der Waals surface area contributed by atoms with Crippen LogP contribution in [0.15, 0.2) is 0 Å². The molecule has 0 aliphatic carbocycles. The average Bonchev–Trinajstić information content (AvgIpc) is 2.52. The Balaban J connectivity index is 2.88. The first-order chi connectivity index (χ1) is 5.60. The minimum Gasteiger partial charge on any atom is -0.371 e. The van der Waals surface area contributed by atoms with Crippen LogP contribution in [0.25, 0.3) is 0 Å². The van der Waals surface area contributed by atoms with Crippen molar-refractivity contribution in [2.75, 3.05) is 7.11 Å². The van der Waals surface area contributed by atoms with E-state index in [9.17, 15) is 0 Å². The molecule has 0 aromatic carbocycles. The number of nitrogens with one attached hydrogen (secondary N) is 1. The smallest absolute Gasteiger partial charge is 0.181 e. The molecule has 4 nitrogen and oxygen atoms in total. The van der Waals surface area contributed by atoms with Gasteiger partial charge in [0.05, 0.1) is 5.88 Å². The fourth-order valence-electron chi connectivity index (χ4n) is 0.716. The Hall–Kier alpha value is -0.610. The standard InChI is InChI=1S/C7H12ClN3O/c1-7(2,12-3)6-9-5(4-8)10-11-6/h4H2,1-3H3,(H,9,10,11). The van der Waals surface area contributed by atoms with Gasteiger partial charge in [0, 0.05) is 7.11 Å². The predicted octanol–water partition coefficient (Wildman–Crippen LogP) is 1.42. The number of halogens is 1. The summed E-state index contributed by atoms with van der Waals surface area (Å²) in [6, 6.07) is 0. The van der Waals surface area contributed by atoms with Gasteiger partial charge in [0.2, 0.25) is 0 Å². The van der Waals surface area contributed by atoms with Gasteiger partial charge in [-0.25, -0.2) is 4.98 Å². The van der Waals surface area contributed by atoms with E-state index in [4.69, 9.17) is 16.3 Å². The molecule has 1 aromatic heterocycles. The Morgan fingerprint density at radius 2 is 2.25 bits per heavy atom. The van der Waals surface area contributed by atoms with E-state index in [1.54, 1.807) is 7.11 Å². The number of methoxy groups -OCH3 is 1. The van der Waals surface area contributed by atoms with Crippen molar-refractivity contribution in [1.29, 1.82) is 0 Å². The summed E-state index contributed by atoms with van der Waals surface area (Å²) in [7, 11) is 1.62. The zero-order chi connectivity index (χ0) is 9.19. The second-order valence-corrected chi connectivity index (χ2v) is 3.22. The molecule has 1 heterocycles. The highest BCUT2D eigenvalue weighted by Gasteiger charge is 2.24. The van der Waals surface area contributed by atoms with E-state index in [1.165, 1.54) is 0 Å². The molecule has 0 saturated carbocycles. The van der Waals surface area contributed by atoms with E-state index < -0.39 is 5.60 Å². The fraction of sp³-hybridized carbons (Fsp3) is 0.714. The lowest BCUT2D eigenvalue weighted by Crippen LogP contribution is -2.21. The number of hydrogen-bond donors (Lipinski definition) is 1. The number of nitrogens with zero attached hydrogens (tertiary/aromatic N) is 2. The zero-order valence-electron chi connectivity index (χ0n) is 7.39. The maximum Gasteiger partial charge on any atom is 0.181 e.